The first kappa shape index (κ1) is 20.9. The van der Waals surface area contributed by atoms with E-state index in [0.717, 1.165) is 11.1 Å². The van der Waals surface area contributed by atoms with E-state index in [2.05, 4.69) is 19.6 Å². The number of amides is 1. The van der Waals surface area contributed by atoms with E-state index in [0.29, 0.717) is 12.6 Å². The van der Waals surface area contributed by atoms with Crippen LogP contribution < -0.4 is 0 Å². The average molecular weight is 384 g/mol. The summed E-state index contributed by atoms with van der Waals surface area (Å²) in [7, 11) is -0.258. The van der Waals surface area contributed by atoms with Crippen LogP contribution in [0.1, 0.15) is 11.1 Å². The van der Waals surface area contributed by atoms with E-state index in [9.17, 15) is 9.59 Å². The molecule has 4 nitrogen and oxygen atoms in total. The van der Waals surface area contributed by atoms with Crippen molar-refractivity contribution >= 4 is 20.0 Å². The molecule has 0 saturated carbocycles. The fourth-order valence-corrected chi connectivity index (χ4v) is 4.47. The second kappa shape index (κ2) is 9.51. The number of carbonyl (C=O) groups is 2. The Labute approximate surface area is 163 Å². The van der Waals surface area contributed by atoms with Crippen LogP contribution in [0.15, 0.2) is 60.7 Å². The fourth-order valence-electron chi connectivity index (χ4n) is 3.05. The Kier molecular flexibility index (Phi) is 7.36. The van der Waals surface area contributed by atoms with E-state index in [1.807, 2.05) is 60.7 Å². The van der Waals surface area contributed by atoms with Gasteiger partial charge in [-0.25, -0.2) is 4.79 Å². The number of hydrogen-bond donors (Lipinski definition) is 0. The van der Waals surface area contributed by atoms with Crippen molar-refractivity contribution < 1.29 is 14.3 Å². The smallest absolute Gasteiger partial charge is 0.328 e. The Morgan fingerprint density at radius 3 is 1.93 bits per heavy atom. The lowest BCUT2D eigenvalue weighted by molar-refractivity contribution is -0.152. The van der Waals surface area contributed by atoms with Crippen molar-refractivity contribution in [2.24, 2.45) is 0 Å². The number of methoxy groups -OCH3 is 1. The highest BCUT2D eigenvalue weighted by Gasteiger charge is 2.34. The molecule has 0 spiro atoms. The molecule has 144 valence electrons. The molecule has 2 rings (SSSR count). The predicted octanol–water partition coefficient (Wildman–Crippen LogP) is 3.72. The summed E-state index contributed by atoms with van der Waals surface area (Å²) in [4.78, 5) is 27.5. The number of rotatable bonds is 8. The maximum atomic E-state index is 13.2. The number of esters is 1. The quantitative estimate of drug-likeness (QED) is 0.516. The number of nitrogens with zero attached hydrogens (tertiary/aromatic N) is 1. The number of carbonyl (C=O) groups excluding carboxylic acids is 2. The van der Waals surface area contributed by atoms with Gasteiger partial charge in [0.15, 0.2) is 0 Å². The van der Waals surface area contributed by atoms with Gasteiger partial charge in [-0.3, -0.25) is 4.79 Å². The van der Waals surface area contributed by atoms with E-state index in [-0.39, 0.29) is 18.3 Å². The van der Waals surface area contributed by atoms with Crippen molar-refractivity contribution in [1.29, 1.82) is 0 Å². The predicted molar refractivity (Wildman–Crippen MR) is 111 cm³/mol. The molecular formula is C22H29NO3Si. The minimum Gasteiger partial charge on any atom is -0.467 e. The van der Waals surface area contributed by atoms with Gasteiger partial charge in [0, 0.05) is 12.6 Å². The molecule has 0 aliphatic carbocycles. The Balaban J connectivity index is 2.31. The standard InChI is InChI=1S/C22H29NO3Si/c1-26-22(25)20(15-18-11-7-5-8-12-18)23(17-27(2,3)4)21(24)16-19-13-9-6-10-14-19/h5-14,20H,15-17H2,1-4H3/t20-/m0/s1. The molecule has 0 fully saturated rings. The van der Waals surface area contributed by atoms with E-state index < -0.39 is 14.1 Å². The Hall–Kier alpha value is -2.40. The highest BCUT2D eigenvalue weighted by atomic mass is 28.3. The molecule has 0 unspecified atom stereocenters. The number of benzene rings is 2. The molecule has 0 heterocycles. The molecule has 2 aromatic rings. The Bertz CT molecular complexity index is 741. The molecule has 1 amide bonds. The van der Waals surface area contributed by atoms with Gasteiger partial charge in [-0.1, -0.05) is 80.3 Å². The summed E-state index contributed by atoms with van der Waals surface area (Å²) in [6.45, 7) is 6.60. The van der Waals surface area contributed by atoms with Gasteiger partial charge in [-0.2, -0.15) is 0 Å². The maximum absolute atomic E-state index is 13.2. The van der Waals surface area contributed by atoms with Crippen LogP contribution in [0.4, 0.5) is 0 Å². The first-order chi connectivity index (χ1) is 12.8. The van der Waals surface area contributed by atoms with Crippen LogP contribution in [-0.2, 0) is 27.2 Å². The SMILES string of the molecule is COC(=O)[C@H](Cc1ccccc1)N(C[Si](C)(C)C)C(=O)Cc1ccccc1. The van der Waals surface area contributed by atoms with Gasteiger partial charge >= 0.3 is 5.97 Å². The van der Waals surface area contributed by atoms with Crippen LogP contribution >= 0.6 is 0 Å². The van der Waals surface area contributed by atoms with Crippen molar-refractivity contribution in [2.75, 3.05) is 13.3 Å². The summed E-state index contributed by atoms with van der Waals surface area (Å²) in [6.07, 6.45) is 1.36. The molecule has 0 saturated heterocycles. The van der Waals surface area contributed by atoms with E-state index in [1.165, 1.54) is 7.11 Å². The van der Waals surface area contributed by atoms with Crippen LogP contribution in [0.2, 0.25) is 19.6 Å². The molecule has 1 atom stereocenters. The Morgan fingerprint density at radius 2 is 1.44 bits per heavy atom. The Morgan fingerprint density at radius 1 is 0.926 bits per heavy atom. The van der Waals surface area contributed by atoms with Crippen LogP contribution in [0.25, 0.3) is 0 Å². The first-order valence-electron chi connectivity index (χ1n) is 9.25. The second-order valence-electron chi connectivity index (χ2n) is 7.97. The highest BCUT2D eigenvalue weighted by molar-refractivity contribution is 6.76. The molecule has 27 heavy (non-hydrogen) atoms. The monoisotopic (exact) mass is 383 g/mol. The van der Waals surface area contributed by atoms with Gasteiger partial charge in [0.05, 0.1) is 21.6 Å². The van der Waals surface area contributed by atoms with Crippen molar-refractivity contribution in [3.8, 4) is 0 Å². The van der Waals surface area contributed by atoms with Crippen molar-refractivity contribution in [3.05, 3.63) is 71.8 Å². The van der Waals surface area contributed by atoms with Crippen LogP contribution in [0, 0.1) is 0 Å². The number of hydrogen-bond acceptors (Lipinski definition) is 3. The van der Waals surface area contributed by atoms with Crippen molar-refractivity contribution in [3.63, 3.8) is 0 Å². The summed E-state index contributed by atoms with van der Waals surface area (Å²) in [5.41, 5.74) is 1.97. The topological polar surface area (TPSA) is 46.6 Å². The lowest BCUT2D eigenvalue weighted by atomic mass is 10.0. The second-order valence-corrected chi connectivity index (χ2v) is 13.4. The van der Waals surface area contributed by atoms with Crippen LogP contribution in [0.3, 0.4) is 0 Å². The van der Waals surface area contributed by atoms with E-state index in [1.54, 1.807) is 4.90 Å². The third-order valence-electron chi connectivity index (χ3n) is 4.28. The summed E-state index contributed by atoms with van der Waals surface area (Å²) in [5.74, 6) is -0.395. The normalized spacial score (nSPS) is 12.3. The zero-order valence-corrected chi connectivity index (χ0v) is 17.6. The van der Waals surface area contributed by atoms with E-state index in [4.69, 9.17) is 4.74 Å². The minimum absolute atomic E-state index is 0.0324. The van der Waals surface area contributed by atoms with Gasteiger partial charge in [-0.15, -0.1) is 0 Å². The summed E-state index contributed by atoms with van der Waals surface area (Å²) < 4.78 is 5.06. The van der Waals surface area contributed by atoms with Crippen molar-refractivity contribution in [1.82, 2.24) is 4.90 Å². The first-order valence-corrected chi connectivity index (χ1v) is 13.0. The lowest BCUT2D eigenvalue weighted by Gasteiger charge is -2.34. The largest absolute Gasteiger partial charge is 0.467 e. The third kappa shape index (κ3) is 6.68. The summed E-state index contributed by atoms with van der Waals surface area (Å²) >= 11 is 0. The summed E-state index contributed by atoms with van der Waals surface area (Å²) in [6, 6.07) is 18.8. The summed E-state index contributed by atoms with van der Waals surface area (Å²) in [5, 5.41) is 0. The lowest BCUT2D eigenvalue weighted by Crippen LogP contribution is -2.53. The van der Waals surface area contributed by atoms with Gasteiger partial charge in [0.2, 0.25) is 5.91 Å². The molecule has 5 heteroatoms. The van der Waals surface area contributed by atoms with Gasteiger partial charge < -0.3 is 9.64 Å². The molecule has 0 bridgehead atoms. The molecular weight excluding hydrogens is 354 g/mol. The maximum Gasteiger partial charge on any atom is 0.328 e. The highest BCUT2D eigenvalue weighted by Crippen LogP contribution is 2.17. The molecule has 2 aromatic carbocycles. The third-order valence-corrected chi connectivity index (χ3v) is 5.57. The molecule has 0 aromatic heterocycles. The van der Waals surface area contributed by atoms with Gasteiger partial charge in [-0.05, 0) is 11.1 Å². The van der Waals surface area contributed by atoms with Crippen molar-refractivity contribution in [2.45, 2.75) is 38.5 Å². The fraction of sp³-hybridized carbons (Fsp3) is 0.364. The molecule has 0 aliphatic heterocycles. The van der Waals surface area contributed by atoms with E-state index >= 15 is 0 Å². The van der Waals surface area contributed by atoms with Gasteiger partial charge in [0.1, 0.15) is 6.04 Å². The molecule has 0 radical (unpaired) electrons. The molecule has 0 N–H and O–H groups in total. The van der Waals surface area contributed by atoms with Crippen LogP contribution in [-0.4, -0.2) is 44.2 Å². The molecule has 0 aliphatic rings. The zero-order valence-electron chi connectivity index (χ0n) is 16.6. The zero-order chi connectivity index (χ0) is 19.9. The minimum atomic E-state index is -1.64. The van der Waals surface area contributed by atoms with Gasteiger partial charge in [0.25, 0.3) is 0 Å². The van der Waals surface area contributed by atoms with Crippen LogP contribution in [0.5, 0.6) is 0 Å². The average Bonchev–Trinajstić information content (AvgIpc) is 2.64. The number of ether oxygens (including phenoxy) is 1.